The van der Waals surface area contributed by atoms with Crippen molar-refractivity contribution in [2.45, 2.75) is 26.3 Å². The fraction of sp³-hybridized carbons (Fsp3) is 0.333. The molecular weight excluding hydrogens is 240 g/mol. The number of carbonyl (C=O) groups excluding carboxylic acids is 1. The maximum atomic E-state index is 11.6. The smallest absolute Gasteiger partial charge is 0.307 e. The van der Waals surface area contributed by atoms with E-state index in [0.29, 0.717) is 19.6 Å². The van der Waals surface area contributed by atoms with E-state index in [1.165, 1.54) is 5.56 Å². The summed E-state index contributed by atoms with van der Waals surface area (Å²) in [5.74, 6) is -0.177. The van der Waals surface area contributed by atoms with E-state index < -0.39 is 0 Å². The lowest BCUT2D eigenvalue weighted by atomic mass is 10.2. The van der Waals surface area contributed by atoms with Gasteiger partial charge in [-0.25, -0.2) is 0 Å². The Bertz CT molecular complexity index is 520. The van der Waals surface area contributed by atoms with E-state index in [2.05, 4.69) is 5.10 Å². The molecule has 2 rings (SSSR count). The summed E-state index contributed by atoms with van der Waals surface area (Å²) in [5, 5.41) is 4.12. The largest absolute Gasteiger partial charge is 0.465 e. The van der Waals surface area contributed by atoms with Crippen molar-refractivity contribution in [2.75, 3.05) is 6.61 Å². The molecule has 4 heteroatoms. The molecule has 0 amide bonds. The van der Waals surface area contributed by atoms with Crippen LogP contribution in [0.1, 0.15) is 17.5 Å². The van der Waals surface area contributed by atoms with Gasteiger partial charge in [-0.2, -0.15) is 5.10 Å². The fourth-order valence-corrected chi connectivity index (χ4v) is 1.79. The Morgan fingerprint density at radius 1 is 1.32 bits per heavy atom. The van der Waals surface area contributed by atoms with Gasteiger partial charge in [0.05, 0.1) is 25.8 Å². The summed E-state index contributed by atoms with van der Waals surface area (Å²) in [6, 6.07) is 10.00. The first-order valence-electron chi connectivity index (χ1n) is 6.42. The van der Waals surface area contributed by atoms with Crippen LogP contribution in [0.2, 0.25) is 0 Å². The fourth-order valence-electron chi connectivity index (χ4n) is 1.79. The molecule has 1 aromatic heterocycles. The molecule has 0 saturated heterocycles. The summed E-state index contributed by atoms with van der Waals surface area (Å²) in [4.78, 5) is 11.6. The minimum atomic E-state index is -0.177. The van der Waals surface area contributed by atoms with Crippen LogP contribution in [0.4, 0.5) is 0 Å². The zero-order chi connectivity index (χ0) is 13.5. The highest BCUT2D eigenvalue weighted by Gasteiger charge is 2.04. The zero-order valence-electron chi connectivity index (χ0n) is 11.1. The number of hydrogen-bond acceptors (Lipinski definition) is 3. The molecule has 0 spiro atoms. The van der Waals surface area contributed by atoms with Gasteiger partial charge in [-0.15, -0.1) is 0 Å². The van der Waals surface area contributed by atoms with Crippen molar-refractivity contribution in [3.63, 3.8) is 0 Å². The quantitative estimate of drug-likeness (QED) is 0.747. The number of rotatable bonds is 6. The minimum absolute atomic E-state index is 0.177. The summed E-state index contributed by atoms with van der Waals surface area (Å²) >= 11 is 0. The summed E-state index contributed by atoms with van der Waals surface area (Å²) in [7, 11) is 0. The molecular formula is C15H18N2O2. The maximum absolute atomic E-state index is 11.6. The molecule has 0 unspecified atom stereocenters. The summed E-state index contributed by atoms with van der Waals surface area (Å²) < 4.78 is 6.95. The summed E-state index contributed by atoms with van der Waals surface area (Å²) in [6.07, 6.45) is 4.81. The second-order valence-corrected chi connectivity index (χ2v) is 4.49. The van der Waals surface area contributed by atoms with E-state index in [1.54, 1.807) is 10.9 Å². The Hall–Kier alpha value is -2.10. The lowest BCUT2D eigenvalue weighted by Crippen LogP contribution is -2.11. The molecule has 1 heterocycles. The molecule has 0 radical (unpaired) electrons. The SMILES string of the molecule is Cc1cnn(CCC(=O)OCCc2ccccc2)c1. The van der Waals surface area contributed by atoms with Crippen LogP contribution in [0.3, 0.4) is 0 Å². The molecule has 0 bridgehead atoms. The Morgan fingerprint density at radius 3 is 2.79 bits per heavy atom. The normalized spacial score (nSPS) is 10.4. The van der Waals surface area contributed by atoms with Crippen molar-refractivity contribution in [1.82, 2.24) is 9.78 Å². The molecule has 1 aromatic carbocycles. The molecule has 4 nitrogen and oxygen atoms in total. The van der Waals surface area contributed by atoms with E-state index in [9.17, 15) is 4.79 Å². The first-order valence-corrected chi connectivity index (χ1v) is 6.42. The highest BCUT2D eigenvalue weighted by atomic mass is 16.5. The van der Waals surface area contributed by atoms with Crippen LogP contribution < -0.4 is 0 Å². The number of aromatic nitrogens is 2. The predicted molar refractivity (Wildman–Crippen MR) is 72.7 cm³/mol. The van der Waals surface area contributed by atoms with Gasteiger partial charge in [0.2, 0.25) is 0 Å². The van der Waals surface area contributed by atoms with Gasteiger partial charge in [-0.1, -0.05) is 30.3 Å². The molecule has 100 valence electrons. The topological polar surface area (TPSA) is 44.1 Å². The minimum Gasteiger partial charge on any atom is -0.465 e. The molecule has 0 atom stereocenters. The average molecular weight is 258 g/mol. The predicted octanol–water partition coefficient (Wildman–Crippen LogP) is 2.37. The van der Waals surface area contributed by atoms with Gasteiger partial charge in [0.1, 0.15) is 0 Å². The number of nitrogens with zero attached hydrogens (tertiary/aromatic N) is 2. The monoisotopic (exact) mass is 258 g/mol. The third-order valence-corrected chi connectivity index (χ3v) is 2.80. The van der Waals surface area contributed by atoms with Gasteiger partial charge < -0.3 is 4.74 Å². The van der Waals surface area contributed by atoms with E-state index >= 15 is 0 Å². The molecule has 0 aliphatic heterocycles. The van der Waals surface area contributed by atoms with Crippen molar-refractivity contribution in [3.8, 4) is 0 Å². The number of ether oxygens (including phenoxy) is 1. The van der Waals surface area contributed by atoms with Crippen LogP contribution in [0.25, 0.3) is 0 Å². The third-order valence-electron chi connectivity index (χ3n) is 2.80. The van der Waals surface area contributed by atoms with E-state index in [-0.39, 0.29) is 5.97 Å². The number of benzene rings is 1. The van der Waals surface area contributed by atoms with E-state index in [4.69, 9.17) is 4.74 Å². The maximum Gasteiger partial charge on any atom is 0.307 e. The van der Waals surface area contributed by atoms with Gasteiger partial charge >= 0.3 is 5.97 Å². The van der Waals surface area contributed by atoms with Crippen molar-refractivity contribution in [1.29, 1.82) is 0 Å². The van der Waals surface area contributed by atoms with Gasteiger partial charge in [0, 0.05) is 12.6 Å². The molecule has 0 fully saturated rings. The number of carbonyl (C=O) groups is 1. The third kappa shape index (κ3) is 4.58. The molecule has 2 aromatic rings. The van der Waals surface area contributed by atoms with Gasteiger partial charge in [-0.3, -0.25) is 9.48 Å². The molecule has 0 N–H and O–H groups in total. The Kier molecular flexibility index (Phi) is 4.72. The summed E-state index contributed by atoms with van der Waals surface area (Å²) in [6.45, 7) is 2.97. The van der Waals surface area contributed by atoms with Crippen molar-refractivity contribution in [3.05, 3.63) is 53.9 Å². The van der Waals surface area contributed by atoms with Crippen LogP contribution >= 0.6 is 0 Å². The number of aryl methyl sites for hydroxylation is 2. The first kappa shape index (κ1) is 13.3. The highest BCUT2D eigenvalue weighted by molar-refractivity contribution is 5.69. The lowest BCUT2D eigenvalue weighted by molar-refractivity contribution is -0.143. The van der Waals surface area contributed by atoms with Gasteiger partial charge in [0.25, 0.3) is 0 Å². The lowest BCUT2D eigenvalue weighted by Gasteiger charge is -2.05. The molecule has 0 aliphatic rings. The zero-order valence-corrected chi connectivity index (χ0v) is 11.1. The Balaban J connectivity index is 1.65. The van der Waals surface area contributed by atoms with Crippen molar-refractivity contribution >= 4 is 5.97 Å². The van der Waals surface area contributed by atoms with Crippen LogP contribution in [0, 0.1) is 6.92 Å². The second kappa shape index (κ2) is 6.73. The van der Waals surface area contributed by atoms with Gasteiger partial charge in [0.15, 0.2) is 0 Å². The number of hydrogen-bond donors (Lipinski definition) is 0. The molecule has 0 saturated carbocycles. The highest BCUT2D eigenvalue weighted by Crippen LogP contribution is 2.01. The van der Waals surface area contributed by atoms with E-state index in [1.807, 2.05) is 43.5 Å². The number of esters is 1. The standard InChI is InChI=1S/C15H18N2O2/c1-13-11-16-17(12-13)9-7-15(18)19-10-8-14-5-3-2-4-6-14/h2-6,11-12H,7-10H2,1H3. The first-order chi connectivity index (χ1) is 9.24. The average Bonchev–Trinajstić information content (AvgIpc) is 2.83. The second-order valence-electron chi connectivity index (χ2n) is 4.49. The van der Waals surface area contributed by atoms with Crippen LogP contribution in [0.15, 0.2) is 42.7 Å². The van der Waals surface area contributed by atoms with Crippen LogP contribution in [0.5, 0.6) is 0 Å². The van der Waals surface area contributed by atoms with Gasteiger partial charge in [-0.05, 0) is 18.1 Å². The Morgan fingerprint density at radius 2 is 2.11 bits per heavy atom. The summed E-state index contributed by atoms with van der Waals surface area (Å²) in [5.41, 5.74) is 2.27. The van der Waals surface area contributed by atoms with Crippen molar-refractivity contribution < 1.29 is 9.53 Å². The van der Waals surface area contributed by atoms with Crippen LogP contribution in [-0.4, -0.2) is 22.4 Å². The Labute approximate surface area is 113 Å². The molecule has 19 heavy (non-hydrogen) atoms. The molecule has 0 aliphatic carbocycles. The van der Waals surface area contributed by atoms with Crippen LogP contribution in [-0.2, 0) is 22.5 Å². The van der Waals surface area contributed by atoms with Crippen molar-refractivity contribution in [2.24, 2.45) is 0 Å². The van der Waals surface area contributed by atoms with E-state index in [0.717, 1.165) is 12.0 Å².